The Morgan fingerprint density at radius 1 is 0.433 bits per heavy atom. The van der Waals surface area contributed by atoms with Crippen molar-refractivity contribution in [1.82, 2.24) is 19.1 Å². The van der Waals surface area contributed by atoms with E-state index in [2.05, 4.69) is 161 Å². The lowest BCUT2D eigenvalue weighted by molar-refractivity contribution is 0.436. The average molecular weight is 766 g/mol. The molecule has 1 spiro atoms. The van der Waals surface area contributed by atoms with Crippen LogP contribution in [0.1, 0.15) is 27.8 Å². The molecule has 0 N–H and O–H groups in total. The zero-order chi connectivity index (χ0) is 39.5. The molecule has 6 heteroatoms. The number of nitriles is 1. The summed E-state index contributed by atoms with van der Waals surface area (Å²) in [5.41, 5.74) is 14.6. The smallest absolute Gasteiger partial charge is 0.134 e. The molecule has 2 aliphatic rings. The van der Waals surface area contributed by atoms with E-state index < -0.39 is 5.41 Å². The molecular formula is C54H31N5O. The molecule has 7 aromatic carbocycles. The van der Waals surface area contributed by atoms with Crippen LogP contribution in [0.3, 0.4) is 0 Å². The SMILES string of the molecule is N#Cc1ccc2c(c1)c1cc(-c3ccc4c(c3)Oc3cc(-n5c6ccccc6c6ccccc65)ccc3C43c4cccnc4-c4ncccc43)ccc1n2-c1ccccc1. The quantitative estimate of drug-likeness (QED) is 0.180. The van der Waals surface area contributed by atoms with Crippen molar-refractivity contribution in [2.75, 3.05) is 0 Å². The van der Waals surface area contributed by atoms with Gasteiger partial charge in [-0.15, -0.1) is 0 Å². The summed E-state index contributed by atoms with van der Waals surface area (Å²) >= 11 is 0. The summed E-state index contributed by atoms with van der Waals surface area (Å²) in [6.45, 7) is 0. The van der Waals surface area contributed by atoms with Gasteiger partial charge in [-0.25, -0.2) is 0 Å². The topological polar surface area (TPSA) is 68.7 Å². The number of nitrogens with zero attached hydrogens (tertiary/aromatic N) is 5. The van der Waals surface area contributed by atoms with Crippen molar-refractivity contribution in [3.05, 3.63) is 216 Å². The molecule has 1 aliphatic heterocycles. The first-order chi connectivity index (χ1) is 29.7. The van der Waals surface area contributed by atoms with Crippen molar-refractivity contribution in [3.63, 3.8) is 0 Å². The molecule has 0 amide bonds. The van der Waals surface area contributed by atoms with Gasteiger partial charge in [0.1, 0.15) is 11.5 Å². The molecule has 11 aromatic rings. The lowest BCUT2D eigenvalue weighted by Crippen LogP contribution is -2.32. The van der Waals surface area contributed by atoms with Crippen LogP contribution in [-0.2, 0) is 5.41 Å². The van der Waals surface area contributed by atoms with Gasteiger partial charge in [0.05, 0.1) is 50.5 Å². The van der Waals surface area contributed by atoms with E-state index in [1.165, 1.54) is 10.8 Å². The van der Waals surface area contributed by atoms with Gasteiger partial charge < -0.3 is 13.9 Å². The molecule has 0 unspecified atom stereocenters. The summed E-state index contributed by atoms with van der Waals surface area (Å²) in [5.74, 6) is 1.57. The van der Waals surface area contributed by atoms with E-state index in [4.69, 9.17) is 14.7 Å². The van der Waals surface area contributed by atoms with E-state index in [0.717, 1.165) is 100 Å². The lowest BCUT2D eigenvalue weighted by Gasteiger charge is -2.39. The molecular weight excluding hydrogens is 735 g/mol. The number of ether oxygens (including phenoxy) is 1. The predicted octanol–water partition coefficient (Wildman–Crippen LogP) is 12.7. The second-order valence-electron chi connectivity index (χ2n) is 15.7. The second kappa shape index (κ2) is 12.1. The molecule has 0 atom stereocenters. The summed E-state index contributed by atoms with van der Waals surface area (Å²) in [6.07, 6.45) is 3.72. The summed E-state index contributed by atoms with van der Waals surface area (Å²) in [5, 5.41) is 14.4. The fraction of sp³-hybridized carbons (Fsp3) is 0.0185. The molecule has 6 nitrogen and oxygen atoms in total. The van der Waals surface area contributed by atoms with Crippen molar-refractivity contribution in [3.8, 4) is 51.5 Å². The average Bonchev–Trinajstić information content (AvgIpc) is 3.93. The van der Waals surface area contributed by atoms with Gasteiger partial charge in [0.2, 0.25) is 0 Å². The second-order valence-corrected chi connectivity index (χ2v) is 15.7. The number of aromatic nitrogens is 4. The molecule has 0 radical (unpaired) electrons. The van der Waals surface area contributed by atoms with E-state index in [0.29, 0.717) is 5.56 Å². The third kappa shape index (κ3) is 4.30. The fourth-order valence-corrected chi connectivity index (χ4v) is 10.3. The molecule has 0 fully saturated rings. The van der Waals surface area contributed by atoms with Gasteiger partial charge in [-0.1, -0.05) is 91.0 Å². The molecule has 0 bridgehead atoms. The van der Waals surface area contributed by atoms with Gasteiger partial charge in [-0.05, 0) is 101 Å². The van der Waals surface area contributed by atoms with Gasteiger partial charge >= 0.3 is 0 Å². The first-order valence-corrected chi connectivity index (χ1v) is 20.1. The van der Waals surface area contributed by atoms with Crippen LogP contribution in [0.15, 0.2) is 188 Å². The molecule has 1 aliphatic carbocycles. The van der Waals surface area contributed by atoms with Crippen LogP contribution in [0.4, 0.5) is 0 Å². The summed E-state index contributed by atoms with van der Waals surface area (Å²) in [4.78, 5) is 9.90. The number of benzene rings is 7. The molecule has 13 rings (SSSR count). The van der Waals surface area contributed by atoms with Gasteiger partial charge in [0, 0.05) is 62.5 Å². The van der Waals surface area contributed by atoms with Crippen LogP contribution in [0, 0.1) is 11.3 Å². The number of fused-ring (bicyclic) bond motifs is 15. The highest BCUT2D eigenvalue weighted by atomic mass is 16.5. The molecule has 60 heavy (non-hydrogen) atoms. The Bertz CT molecular complexity index is 3570. The van der Waals surface area contributed by atoms with Crippen molar-refractivity contribution in [2.24, 2.45) is 0 Å². The highest BCUT2D eigenvalue weighted by Gasteiger charge is 2.52. The van der Waals surface area contributed by atoms with E-state index in [1.807, 2.05) is 42.7 Å². The third-order valence-electron chi connectivity index (χ3n) is 12.7. The lowest BCUT2D eigenvalue weighted by atomic mass is 9.66. The summed E-state index contributed by atoms with van der Waals surface area (Å²) < 4.78 is 11.8. The number of hydrogen-bond acceptors (Lipinski definition) is 4. The largest absolute Gasteiger partial charge is 0.457 e. The Hall–Kier alpha value is -8.27. The van der Waals surface area contributed by atoms with E-state index in [9.17, 15) is 5.26 Å². The maximum Gasteiger partial charge on any atom is 0.134 e. The number of pyridine rings is 2. The zero-order valence-electron chi connectivity index (χ0n) is 32.0. The first-order valence-electron chi connectivity index (χ1n) is 20.1. The summed E-state index contributed by atoms with van der Waals surface area (Å²) in [7, 11) is 0. The molecule has 0 saturated heterocycles. The van der Waals surface area contributed by atoms with Crippen LogP contribution < -0.4 is 4.74 Å². The van der Waals surface area contributed by atoms with E-state index in [1.54, 1.807) is 0 Å². The minimum Gasteiger partial charge on any atom is -0.457 e. The van der Waals surface area contributed by atoms with Crippen LogP contribution in [0.2, 0.25) is 0 Å². The normalized spacial score (nSPS) is 13.2. The van der Waals surface area contributed by atoms with Crippen LogP contribution >= 0.6 is 0 Å². The van der Waals surface area contributed by atoms with Gasteiger partial charge in [0.25, 0.3) is 0 Å². The van der Waals surface area contributed by atoms with E-state index in [-0.39, 0.29) is 0 Å². The highest BCUT2D eigenvalue weighted by Crippen LogP contribution is 2.61. The van der Waals surface area contributed by atoms with Crippen LogP contribution in [0.5, 0.6) is 11.5 Å². The minimum atomic E-state index is -0.714. The van der Waals surface area contributed by atoms with Crippen molar-refractivity contribution in [2.45, 2.75) is 5.41 Å². The van der Waals surface area contributed by atoms with Crippen LogP contribution in [0.25, 0.3) is 77.5 Å². The number of para-hydroxylation sites is 3. The van der Waals surface area contributed by atoms with Gasteiger partial charge in [-0.3, -0.25) is 9.97 Å². The monoisotopic (exact) mass is 765 g/mol. The Morgan fingerprint density at radius 3 is 1.68 bits per heavy atom. The van der Waals surface area contributed by atoms with Gasteiger partial charge in [-0.2, -0.15) is 5.26 Å². The molecule has 4 aromatic heterocycles. The predicted molar refractivity (Wildman–Crippen MR) is 238 cm³/mol. The number of hydrogen-bond donors (Lipinski definition) is 0. The standard InChI is InChI=1S/C54H31N5O/c55-32-33-18-24-48-40(28-33)41-29-34(20-25-49(41)58(48)36-10-2-1-3-11-36)35-19-22-42-50(30-35)60-51-31-37(59-46-16-6-4-12-38(46)39-13-5-7-17-47(39)59)21-23-43(51)54(42)44-14-8-26-56-52(44)53-45(54)15-9-27-57-53/h1-31H. The highest BCUT2D eigenvalue weighted by molar-refractivity contribution is 6.11. The molecule has 278 valence electrons. The Balaban J connectivity index is 1.05. The summed E-state index contributed by atoms with van der Waals surface area (Å²) in [6, 6.07) is 64.3. The fourth-order valence-electron chi connectivity index (χ4n) is 10.3. The van der Waals surface area contributed by atoms with Gasteiger partial charge in [0.15, 0.2) is 0 Å². The third-order valence-corrected chi connectivity index (χ3v) is 12.7. The van der Waals surface area contributed by atoms with E-state index >= 15 is 0 Å². The minimum absolute atomic E-state index is 0.632. The molecule has 0 saturated carbocycles. The number of rotatable bonds is 3. The maximum absolute atomic E-state index is 9.90. The van der Waals surface area contributed by atoms with Crippen molar-refractivity contribution < 1.29 is 4.74 Å². The molecule has 5 heterocycles. The zero-order valence-corrected chi connectivity index (χ0v) is 32.0. The van der Waals surface area contributed by atoms with Crippen LogP contribution in [-0.4, -0.2) is 19.1 Å². The Labute approximate surface area is 344 Å². The Kier molecular flexibility index (Phi) is 6.62. The van der Waals surface area contributed by atoms with Crippen molar-refractivity contribution >= 4 is 43.6 Å². The van der Waals surface area contributed by atoms with Crippen molar-refractivity contribution in [1.29, 1.82) is 5.26 Å². The maximum atomic E-state index is 9.90. The Morgan fingerprint density at radius 2 is 0.983 bits per heavy atom. The first kappa shape index (κ1) is 32.8.